The van der Waals surface area contributed by atoms with Crippen molar-refractivity contribution in [2.75, 3.05) is 5.01 Å². The maximum Gasteiger partial charge on any atom is 0.416 e. The van der Waals surface area contributed by atoms with Crippen LogP contribution in [-0.2, 0) is 17.1 Å². The van der Waals surface area contributed by atoms with Crippen LogP contribution in [-0.4, -0.2) is 38.1 Å². The van der Waals surface area contributed by atoms with Gasteiger partial charge >= 0.3 is 18.3 Å². The summed E-state index contributed by atoms with van der Waals surface area (Å²) < 4.78 is 76.0. The van der Waals surface area contributed by atoms with Crippen molar-refractivity contribution in [1.29, 1.82) is 0 Å². The molecule has 2 heterocycles. The van der Waals surface area contributed by atoms with Gasteiger partial charge in [0.25, 0.3) is 11.5 Å². The Labute approximate surface area is 277 Å². The number of phenolic OH excluding ortho intramolecular Hbond substituents is 1. The molecule has 17 heteroatoms. The van der Waals surface area contributed by atoms with E-state index in [0.717, 1.165) is 46.1 Å². The first kappa shape index (κ1) is 34.8. The average Bonchev–Trinajstić information content (AvgIpc) is 3.68. The monoisotopic (exact) mass is 696 g/mol. The number of phenols is 1. The quantitative estimate of drug-likeness (QED) is 0.121. The zero-order valence-electron chi connectivity index (χ0n) is 25.1. The number of carboxylic acids is 1. The number of aromatic hydroxyl groups is 1. The minimum atomic E-state index is -4.50. The Hall–Kier alpha value is -6.52. The molecule has 1 amide bonds. The summed E-state index contributed by atoms with van der Waals surface area (Å²) in [6, 6.07) is 18.9. The van der Waals surface area contributed by atoms with Gasteiger partial charge in [-0.1, -0.05) is 24.3 Å². The molecule has 6 rings (SSSR count). The van der Waals surface area contributed by atoms with Gasteiger partial charge in [-0.3, -0.25) is 14.7 Å². The number of hydrazone groups is 1. The highest BCUT2D eigenvalue weighted by Gasteiger charge is 2.31. The Morgan fingerprint density at radius 1 is 0.780 bits per heavy atom. The van der Waals surface area contributed by atoms with E-state index < -0.39 is 35.0 Å². The second-order valence-corrected chi connectivity index (χ2v) is 10.4. The second kappa shape index (κ2) is 13.9. The summed E-state index contributed by atoms with van der Waals surface area (Å²) in [6.45, 7) is 0. The summed E-state index contributed by atoms with van der Waals surface area (Å²) in [4.78, 5) is 35.0. The molecule has 0 unspecified atom stereocenters. The van der Waals surface area contributed by atoms with Crippen LogP contribution in [0.15, 0.2) is 117 Å². The van der Waals surface area contributed by atoms with Crippen LogP contribution >= 0.6 is 0 Å². The molecule has 1 aliphatic rings. The summed E-state index contributed by atoms with van der Waals surface area (Å²) in [5, 5.41) is 35.0. The van der Waals surface area contributed by atoms with Crippen LogP contribution < -0.4 is 10.6 Å². The van der Waals surface area contributed by atoms with Crippen LogP contribution in [0.5, 0.6) is 5.75 Å². The van der Waals surface area contributed by atoms with Gasteiger partial charge in [0.05, 0.1) is 40.7 Å². The molecule has 256 valence electrons. The van der Waals surface area contributed by atoms with E-state index in [2.05, 4.69) is 20.4 Å². The number of aromatic carboxylic acids is 1. The average molecular weight is 697 g/mol. The Bertz CT molecular complexity index is 2150. The van der Waals surface area contributed by atoms with Crippen LogP contribution in [0.25, 0.3) is 16.8 Å². The molecule has 0 atom stereocenters. The number of nitrogens with one attached hydrogen (secondary N) is 1. The van der Waals surface area contributed by atoms with E-state index in [1.165, 1.54) is 48.8 Å². The minimum Gasteiger partial charge on any atom is -0.505 e. The highest BCUT2D eigenvalue weighted by atomic mass is 19.4. The number of carbonyl (C=O) groups is 2. The number of benzene rings is 4. The molecule has 0 radical (unpaired) electrons. The molecule has 0 saturated heterocycles. The Balaban J connectivity index is 0.000000253. The molecule has 0 bridgehead atoms. The molecular weight excluding hydrogens is 674 g/mol. The predicted molar refractivity (Wildman–Crippen MR) is 168 cm³/mol. The van der Waals surface area contributed by atoms with Crippen molar-refractivity contribution in [1.82, 2.24) is 9.78 Å². The third kappa shape index (κ3) is 7.78. The number of carbonyl (C=O) groups excluding carboxylic acids is 1. The van der Waals surface area contributed by atoms with Gasteiger partial charge in [-0.25, -0.2) is 14.5 Å². The number of aromatic nitrogens is 2. The number of azo groups is 1. The van der Waals surface area contributed by atoms with Crippen molar-refractivity contribution in [3.05, 3.63) is 124 Å². The number of halogens is 6. The Morgan fingerprint density at radius 3 is 1.92 bits per heavy atom. The van der Waals surface area contributed by atoms with Gasteiger partial charge in [0.2, 0.25) is 0 Å². The minimum absolute atomic E-state index is 0.0277. The van der Waals surface area contributed by atoms with Crippen LogP contribution in [0.1, 0.15) is 27.9 Å². The normalized spacial score (nSPS) is 13.1. The first-order valence-electron chi connectivity index (χ1n) is 14.2. The maximum absolute atomic E-state index is 12.7. The van der Waals surface area contributed by atoms with Gasteiger partial charge in [0, 0.05) is 11.8 Å². The predicted octanol–water partition coefficient (Wildman–Crippen LogP) is 8.10. The number of carboxylic acid groups (broad SMARTS) is 1. The number of rotatable bonds is 6. The fourth-order valence-corrected chi connectivity index (χ4v) is 4.55. The topological polar surface area (TPSA) is 153 Å². The van der Waals surface area contributed by atoms with Crippen molar-refractivity contribution < 1.29 is 46.1 Å². The number of anilines is 1. The molecule has 5 aromatic rings. The molecule has 50 heavy (non-hydrogen) atoms. The summed E-state index contributed by atoms with van der Waals surface area (Å²) in [6.07, 6.45) is -6.04. The lowest BCUT2D eigenvalue weighted by molar-refractivity contribution is -0.138. The van der Waals surface area contributed by atoms with Gasteiger partial charge in [-0.2, -0.15) is 31.4 Å². The first-order valence-corrected chi connectivity index (χ1v) is 14.2. The van der Waals surface area contributed by atoms with E-state index in [0.29, 0.717) is 16.8 Å². The molecule has 1 aromatic heterocycles. The number of amides is 1. The third-order valence-electron chi connectivity index (χ3n) is 7.04. The van der Waals surface area contributed by atoms with Crippen LogP contribution in [0.2, 0.25) is 0 Å². The molecule has 1 aliphatic heterocycles. The molecule has 4 aromatic carbocycles. The van der Waals surface area contributed by atoms with Crippen molar-refractivity contribution in [2.45, 2.75) is 18.8 Å². The lowest BCUT2D eigenvalue weighted by Crippen LogP contribution is -2.19. The van der Waals surface area contributed by atoms with Gasteiger partial charge < -0.3 is 10.2 Å². The van der Waals surface area contributed by atoms with Gasteiger partial charge in [-0.15, -0.1) is 10.2 Å². The third-order valence-corrected chi connectivity index (χ3v) is 7.04. The first-order chi connectivity index (χ1) is 23.6. The standard InChI is InChI=1S/C23H15F3N4O4.C10H7F3N2O/c24-23(25,26)15-7-9-16(10-8-15)30-21(32)19(12-27-30)29-28-18-6-2-5-17(20(18)31)13-3-1-4-14(11-13)22(33)34;11-10(12,13)7-1-3-8(4-2-7)15-9(16)5-6-14-15/h1-12,27,31H,(H,33,34);1-4,6H,5H2. The van der Waals surface area contributed by atoms with E-state index in [1.807, 2.05) is 0 Å². The lowest BCUT2D eigenvalue weighted by atomic mass is 10.0. The van der Waals surface area contributed by atoms with Crippen LogP contribution in [0.4, 0.5) is 43.4 Å². The number of alkyl halides is 6. The van der Waals surface area contributed by atoms with Crippen molar-refractivity contribution in [3.8, 4) is 22.6 Å². The highest BCUT2D eigenvalue weighted by molar-refractivity contribution is 6.05. The van der Waals surface area contributed by atoms with Crippen molar-refractivity contribution >= 4 is 35.2 Å². The van der Waals surface area contributed by atoms with Crippen LogP contribution in [0.3, 0.4) is 0 Å². The molecule has 0 spiro atoms. The van der Waals surface area contributed by atoms with E-state index in [9.17, 15) is 45.8 Å². The molecular formula is C33H22F6N6O5. The molecule has 0 aliphatic carbocycles. The summed E-state index contributed by atoms with van der Waals surface area (Å²) in [5.41, 5.74) is -1.05. The maximum atomic E-state index is 12.7. The molecule has 3 N–H and O–H groups in total. The summed E-state index contributed by atoms with van der Waals surface area (Å²) in [7, 11) is 0. The smallest absolute Gasteiger partial charge is 0.416 e. The molecule has 0 saturated carbocycles. The summed E-state index contributed by atoms with van der Waals surface area (Å²) in [5.74, 6) is -1.64. The SMILES string of the molecule is O=C(O)c1cccc(-c2cccc(N=Nc3c[nH]n(-c4ccc(C(F)(F)F)cc4)c3=O)c2O)c1.O=C1CC=NN1c1ccc(C(F)(F)F)cc1. The van der Waals surface area contributed by atoms with Gasteiger partial charge in [0.1, 0.15) is 5.69 Å². The van der Waals surface area contributed by atoms with Crippen molar-refractivity contribution in [2.24, 2.45) is 15.3 Å². The van der Waals surface area contributed by atoms with E-state index in [4.69, 9.17) is 5.11 Å². The fraction of sp³-hybridized carbons (Fsp3) is 0.0909. The van der Waals surface area contributed by atoms with E-state index in [-0.39, 0.29) is 40.7 Å². The molecule has 0 fully saturated rings. The zero-order chi connectivity index (χ0) is 36.2. The highest BCUT2D eigenvalue weighted by Crippen LogP contribution is 2.38. The van der Waals surface area contributed by atoms with Gasteiger partial charge in [-0.05, 0) is 72.3 Å². The van der Waals surface area contributed by atoms with E-state index in [1.54, 1.807) is 18.2 Å². The Kier molecular flexibility index (Phi) is 9.68. The fourth-order valence-electron chi connectivity index (χ4n) is 4.55. The number of nitrogens with zero attached hydrogens (tertiary/aromatic N) is 5. The zero-order valence-corrected chi connectivity index (χ0v) is 25.1. The van der Waals surface area contributed by atoms with Crippen LogP contribution in [0, 0.1) is 0 Å². The van der Waals surface area contributed by atoms with Crippen molar-refractivity contribution in [3.63, 3.8) is 0 Å². The molecule has 11 nitrogen and oxygen atoms in total. The summed E-state index contributed by atoms with van der Waals surface area (Å²) >= 11 is 0. The number of aromatic amines is 1. The van der Waals surface area contributed by atoms with E-state index >= 15 is 0 Å². The lowest BCUT2D eigenvalue weighted by Gasteiger charge is -2.13. The number of hydrogen-bond donors (Lipinski definition) is 3. The number of hydrogen-bond acceptors (Lipinski definition) is 7. The van der Waals surface area contributed by atoms with Gasteiger partial charge in [0.15, 0.2) is 11.4 Å². The largest absolute Gasteiger partial charge is 0.505 e. The Morgan fingerprint density at radius 2 is 1.36 bits per heavy atom. The number of para-hydroxylation sites is 1. The number of H-pyrrole nitrogens is 1. The second-order valence-electron chi connectivity index (χ2n) is 10.4.